The molecule has 0 spiro atoms. The molecule has 1 aromatic heterocycles. The number of rotatable bonds is 10. The highest BCUT2D eigenvalue weighted by Crippen LogP contribution is 2.27. The number of amides is 1. The van der Waals surface area contributed by atoms with Crippen LogP contribution >= 0.6 is 11.6 Å². The van der Waals surface area contributed by atoms with Crippen molar-refractivity contribution in [1.29, 1.82) is 0 Å². The molecule has 1 heterocycles. The highest BCUT2D eigenvalue weighted by atomic mass is 35.5. The van der Waals surface area contributed by atoms with E-state index >= 15 is 0 Å². The van der Waals surface area contributed by atoms with Crippen molar-refractivity contribution in [3.05, 3.63) is 101 Å². The Morgan fingerprint density at radius 3 is 2.40 bits per heavy atom. The third-order valence-corrected chi connectivity index (χ3v) is 6.34. The molecule has 4 aromatic rings. The molecule has 35 heavy (non-hydrogen) atoms. The lowest BCUT2D eigenvalue weighted by molar-refractivity contribution is -0.121. The Bertz CT molecular complexity index is 1260. The van der Waals surface area contributed by atoms with Gasteiger partial charge in [0.25, 0.3) is 0 Å². The topological polar surface area (TPSA) is 58.1 Å². The minimum absolute atomic E-state index is 0.0168. The first kappa shape index (κ1) is 24.7. The van der Waals surface area contributed by atoms with Gasteiger partial charge in [0, 0.05) is 36.3 Å². The van der Waals surface area contributed by atoms with Crippen molar-refractivity contribution in [2.45, 2.75) is 39.2 Å². The number of fused-ring (bicyclic) bond motifs is 1. The fraction of sp³-hybridized carbons (Fsp3) is 0.276. The van der Waals surface area contributed by atoms with E-state index in [1.807, 2.05) is 68.4 Å². The molecular formula is C29H31ClN4O. The summed E-state index contributed by atoms with van der Waals surface area (Å²) in [7, 11) is 0. The van der Waals surface area contributed by atoms with Crippen LogP contribution in [-0.2, 0) is 17.6 Å². The molecule has 0 unspecified atom stereocenters. The molecule has 5 nitrogen and oxygen atoms in total. The summed E-state index contributed by atoms with van der Waals surface area (Å²) in [4.78, 5) is 24.7. The number of nitrogens with one attached hydrogen (secondary N) is 1. The summed E-state index contributed by atoms with van der Waals surface area (Å²) >= 11 is 6.26. The Morgan fingerprint density at radius 1 is 0.971 bits per heavy atom. The minimum Gasteiger partial charge on any atom is -0.355 e. The van der Waals surface area contributed by atoms with Gasteiger partial charge in [0.1, 0.15) is 11.6 Å². The Morgan fingerprint density at radius 2 is 1.69 bits per heavy atom. The summed E-state index contributed by atoms with van der Waals surface area (Å²) in [6.45, 7) is 5.35. The van der Waals surface area contributed by atoms with Crippen molar-refractivity contribution in [2.75, 3.05) is 18.0 Å². The summed E-state index contributed by atoms with van der Waals surface area (Å²) in [5.41, 5.74) is 3.16. The Labute approximate surface area is 212 Å². The molecule has 0 aliphatic rings. The van der Waals surface area contributed by atoms with Crippen molar-refractivity contribution in [3.8, 4) is 0 Å². The van der Waals surface area contributed by atoms with E-state index in [4.69, 9.17) is 16.6 Å². The van der Waals surface area contributed by atoms with E-state index < -0.39 is 0 Å². The highest BCUT2D eigenvalue weighted by Gasteiger charge is 2.17. The monoisotopic (exact) mass is 486 g/mol. The predicted octanol–water partition coefficient (Wildman–Crippen LogP) is 6.16. The Hall–Kier alpha value is -3.44. The molecule has 0 saturated heterocycles. The van der Waals surface area contributed by atoms with Crippen molar-refractivity contribution in [1.82, 2.24) is 15.3 Å². The van der Waals surface area contributed by atoms with E-state index in [9.17, 15) is 4.79 Å². The number of carbonyl (C=O) groups is 1. The van der Waals surface area contributed by atoms with Crippen molar-refractivity contribution in [3.63, 3.8) is 0 Å². The molecule has 4 rings (SSSR count). The van der Waals surface area contributed by atoms with E-state index in [0.717, 1.165) is 47.5 Å². The first-order chi connectivity index (χ1) is 17.0. The van der Waals surface area contributed by atoms with Gasteiger partial charge in [-0.25, -0.2) is 9.97 Å². The minimum atomic E-state index is -0.0461. The van der Waals surface area contributed by atoms with Gasteiger partial charge in [-0.2, -0.15) is 0 Å². The molecule has 3 aromatic carbocycles. The van der Waals surface area contributed by atoms with Gasteiger partial charge in [0.05, 0.1) is 11.6 Å². The maximum absolute atomic E-state index is 12.9. The lowest BCUT2D eigenvalue weighted by atomic mass is 10.1. The second-order valence-corrected chi connectivity index (χ2v) is 9.09. The largest absolute Gasteiger partial charge is 0.355 e. The van der Waals surface area contributed by atoms with Crippen LogP contribution in [0.25, 0.3) is 10.9 Å². The van der Waals surface area contributed by atoms with Gasteiger partial charge in [0.2, 0.25) is 5.91 Å². The SMILES string of the molecule is CCc1nc(N(CCC(=O)N[C@H](C)c2ccccc2)CCc2ccccc2)c2ccc(Cl)cc2n1. The molecule has 1 N–H and O–H groups in total. The third kappa shape index (κ3) is 6.58. The smallest absolute Gasteiger partial charge is 0.222 e. The first-order valence-electron chi connectivity index (χ1n) is 12.1. The Balaban J connectivity index is 1.56. The summed E-state index contributed by atoms with van der Waals surface area (Å²) in [6, 6.07) is 26.1. The first-order valence-corrected chi connectivity index (χ1v) is 12.5. The number of benzene rings is 3. The number of nitrogens with zero attached hydrogens (tertiary/aromatic N) is 3. The molecule has 0 bridgehead atoms. The third-order valence-electron chi connectivity index (χ3n) is 6.10. The lowest BCUT2D eigenvalue weighted by Crippen LogP contribution is -2.34. The molecule has 0 aliphatic heterocycles. The summed E-state index contributed by atoms with van der Waals surface area (Å²) in [6.07, 6.45) is 1.94. The van der Waals surface area contributed by atoms with Gasteiger partial charge in [-0.1, -0.05) is 79.2 Å². The number of anilines is 1. The highest BCUT2D eigenvalue weighted by molar-refractivity contribution is 6.31. The number of halogens is 1. The standard InChI is InChI=1S/C29H31ClN4O/c1-3-27-32-26-20-24(30)14-15-25(26)29(33-27)34(18-16-22-10-6-4-7-11-22)19-17-28(35)31-21(2)23-12-8-5-9-13-23/h4-15,20-21H,3,16-19H2,1-2H3,(H,31,35)/t21-/m1/s1. The van der Waals surface area contributed by atoms with Crippen LogP contribution in [0.3, 0.4) is 0 Å². The van der Waals surface area contributed by atoms with Gasteiger partial charge in [0.15, 0.2) is 0 Å². The van der Waals surface area contributed by atoms with E-state index in [1.54, 1.807) is 0 Å². The molecule has 0 saturated carbocycles. The van der Waals surface area contributed by atoms with Gasteiger partial charge in [-0.3, -0.25) is 4.79 Å². The normalized spacial score (nSPS) is 11.9. The molecule has 1 amide bonds. The van der Waals surface area contributed by atoms with Crippen LogP contribution in [0.5, 0.6) is 0 Å². The van der Waals surface area contributed by atoms with E-state index in [2.05, 4.69) is 39.5 Å². The molecule has 180 valence electrons. The Kier molecular flexibility index (Phi) is 8.32. The van der Waals surface area contributed by atoms with Crippen LogP contribution in [0.15, 0.2) is 78.9 Å². The number of hydrogen-bond acceptors (Lipinski definition) is 4. The van der Waals surface area contributed by atoms with Gasteiger partial charge < -0.3 is 10.2 Å². The maximum atomic E-state index is 12.9. The zero-order chi connectivity index (χ0) is 24.6. The second kappa shape index (κ2) is 11.8. The molecule has 0 radical (unpaired) electrons. The van der Waals surface area contributed by atoms with Crippen LogP contribution in [-0.4, -0.2) is 29.0 Å². The average molecular weight is 487 g/mol. The number of aryl methyl sites for hydroxylation is 1. The van der Waals surface area contributed by atoms with Crippen LogP contribution in [0.1, 0.15) is 43.3 Å². The fourth-order valence-corrected chi connectivity index (χ4v) is 4.31. The number of aromatic nitrogens is 2. The van der Waals surface area contributed by atoms with E-state index in [1.165, 1.54) is 5.56 Å². The molecule has 6 heteroatoms. The van der Waals surface area contributed by atoms with Gasteiger partial charge in [-0.15, -0.1) is 0 Å². The fourth-order valence-electron chi connectivity index (χ4n) is 4.14. The predicted molar refractivity (Wildman–Crippen MR) is 144 cm³/mol. The van der Waals surface area contributed by atoms with Crippen LogP contribution < -0.4 is 10.2 Å². The molecule has 0 fully saturated rings. The maximum Gasteiger partial charge on any atom is 0.222 e. The van der Waals surface area contributed by atoms with E-state index in [0.29, 0.717) is 18.0 Å². The molecule has 0 aliphatic carbocycles. The van der Waals surface area contributed by atoms with Crippen LogP contribution in [0.2, 0.25) is 5.02 Å². The zero-order valence-electron chi connectivity index (χ0n) is 20.2. The number of hydrogen-bond donors (Lipinski definition) is 1. The van der Waals surface area contributed by atoms with Crippen molar-refractivity contribution >= 4 is 34.2 Å². The lowest BCUT2D eigenvalue weighted by Gasteiger charge is -2.26. The summed E-state index contributed by atoms with van der Waals surface area (Å²) in [5.74, 6) is 1.63. The number of carbonyl (C=O) groups excluding carboxylic acids is 1. The van der Waals surface area contributed by atoms with Crippen LogP contribution in [0, 0.1) is 0 Å². The van der Waals surface area contributed by atoms with E-state index in [-0.39, 0.29) is 11.9 Å². The van der Waals surface area contributed by atoms with Crippen molar-refractivity contribution < 1.29 is 4.79 Å². The summed E-state index contributed by atoms with van der Waals surface area (Å²) < 4.78 is 0. The quantitative estimate of drug-likeness (QED) is 0.291. The second-order valence-electron chi connectivity index (χ2n) is 8.65. The summed E-state index contributed by atoms with van der Waals surface area (Å²) in [5, 5.41) is 4.72. The van der Waals surface area contributed by atoms with Crippen LogP contribution in [0.4, 0.5) is 5.82 Å². The van der Waals surface area contributed by atoms with Gasteiger partial charge >= 0.3 is 0 Å². The molecule has 1 atom stereocenters. The average Bonchev–Trinajstić information content (AvgIpc) is 2.89. The molecular weight excluding hydrogens is 456 g/mol. The zero-order valence-corrected chi connectivity index (χ0v) is 21.0. The van der Waals surface area contributed by atoms with Crippen molar-refractivity contribution in [2.24, 2.45) is 0 Å². The van der Waals surface area contributed by atoms with Gasteiger partial charge in [-0.05, 0) is 42.7 Å².